The van der Waals surface area contributed by atoms with Crippen molar-refractivity contribution in [3.05, 3.63) is 23.7 Å². The molecule has 3 rings (SSSR count). The van der Waals surface area contributed by atoms with E-state index in [9.17, 15) is 0 Å². The standard InChI is InChI=1S/C17H28N2O/c1-13(2)18-9-16-7-8-17(20-16)12-19(10-14-3-4-14)11-15-5-6-15/h7-8,13-15,18H,3-6,9-12H2,1-2H3. The molecule has 0 aliphatic heterocycles. The summed E-state index contributed by atoms with van der Waals surface area (Å²) >= 11 is 0. The minimum Gasteiger partial charge on any atom is -0.463 e. The summed E-state index contributed by atoms with van der Waals surface area (Å²) in [5, 5.41) is 3.41. The van der Waals surface area contributed by atoms with Crippen LogP contribution in [0, 0.1) is 11.8 Å². The van der Waals surface area contributed by atoms with Crippen LogP contribution in [0.25, 0.3) is 0 Å². The molecular formula is C17H28N2O. The molecule has 3 nitrogen and oxygen atoms in total. The molecule has 1 aromatic rings. The molecular weight excluding hydrogens is 248 g/mol. The fourth-order valence-electron chi connectivity index (χ4n) is 2.66. The van der Waals surface area contributed by atoms with Gasteiger partial charge in [0.1, 0.15) is 11.5 Å². The summed E-state index contributed by atoms with van der Waals surface area (Å²) < 4.78 is 5.96. The van der Waals surface area contributed by atoms with Crippen LogP contribution >= 0.6 is 0 Å². The molecule has 0 amide bonds. The van der Waals surface area contributed by atoms with Gasteiger partial charge in [-0.15, -0.1) is 0 Å². The van der Waals surface area contributed by atoms with E-state index in [1.807, 2.05) is 0 Å². The summed E-state index contributed by atoms with van der Waals surface area (Å²) in [7, 11) is 0. The van der Waals surface area contributed by atoms with Crippen molar-refractivity contribution in [1.29, 1.82) is 0 Å². The zero-order valence-corrected chi connectivity index (χ0v) is 12.9. The summed E-state index contributed by atoms with van der Waals surface area (Å²) in [6.45, 7) is 8.71. The van der Waals surface area contributed by atoms with E-state index in [0.717, 1.165) is 36.4 Å². The van der Waals surface area contributed by atoms with E-state index >= 15 is 0 Å². The van der Waals surface area contributed by atoms with Gasteiger partial charge < -0.3 is 9.73 Å². The molecule has 1 heterocycles. The minimum atomic E-state index is 0.504. The Morgan fingerprint density at radius 3 is 2.25 bits per heavy atom. The predicted molar refractivity (Wildman–Crippen MR) is 81.4 cm³/mol. The van der Waals surface area contributed by atoms with Gasteiger partial charge in [0.25, 0.3) is 0 Å². The first-order valence-corrected chi connectivity index (χ1v) is 8.22. The average Bonchev–Trinajstić information content (AvgIpc) is 3.31. The van der Waals surface area contributed by atoms with Gasteiger partial charge in [0, 0.05) is 19.1 Å². The molecule has 20 heavy (non-hydrogen) atoms. The van der Waals surface area contributed by atoms with Crippen LogP contribution in [0.3, 0.4) is 0 Å². The monoisotopic (exact) mass is 276 g/mol. The third-order valence-corrected chi connectivity index (χ3v) is 4.21. The van der Waals surface area contributed by atoms with Crippen molar-refractivity contribution in [3.8, 4) is 0 Å². The minimum absolute atomic E-state index is 0.504. The van der Waals surface area contributed by atoms with Gasteiger partial charge in [-0.05, 0) is 49.7 Å². The molecule has 2 aliphatic rings. The number of hydrogen-bond acceptors (Lipinski definition) is 3. The molecule has 112 valence electrons. The van der Waals surface area contributed by atoms with Gasteiger partial charge in [-0.25, -0.2) is 0 Å². The van der Waals surface area contributed by atoms with Crippen LogP contribution in [-0.4, -0.2) is 24.0 Å². The van der Waals surface area contributed by atoms with E-state index in [1.165, 1.54) is 38.8 Å². The van der Waals surface area contributed by atoms with E-state index in [1.54, 1.807) is 0 Å². The van der Waals surface area contributed by atoms with Gasteiger partial charge in [0.15, 0.2) is 0 Å². The van der Waals surface area contributed by atoms with Crippen molar-refractivity contribution < 1.29 is 4.42 Å². The van der Waals surface area contributed by atoms with E-state index in [2.05, 4.69) is 36.2 Å². The Bertz CT molecular complexity index is 404. The molecule has 3 heteroatoms. The zero-order valence-electron chi connectivity index (χ0n) is 12.9. The summed E-state index contributed by atoms with van der Waals surface area (Å²) in [5.74, 6) is 4.12. The maximum atomic E-state index is 5.96. The van der Waals surface area contributed by atoms with Gasteiger partial charge in [-0.1, -0.05) is 13.8 Å². The van der Waals surface area contributed by atoms with Crippen LogP contribution in [0.15, 0.2) is 16.5 Å². The van der Waals surface area contributed by atoms with E-state index in [4.69, 9.17) is 4.42 Å². The number of hydrogen-bond donors (Lipinski definition) is 1. The topological polar surface area (TPSA) is 28.4 Å². The number of furan rings is 1. The van der Waals surface area contributed by atoms with Crippen LogP contribution in [0.2, 0.25) is 0 Å². The summed E-state index contributed by atoms with van der Waals surface area (Å²) in [6.07, 6.45) is 5.73. The molecule has 2 fully saturated rings. The summed E-state index contributed by atoms with van der Waals surface area (Å²) in [4.78, 5) is 2.62. The average molecular weight is 276 g/mol. The summed E-state index contributed by atoms with van der Waals surface area (Å²) in [6, 6.07) is 4.78. The van der Waals surface area contributed by atoms with E-state index in [0.29, 0.717) is 6.04 Å². The smallest absolute Gasteiger partial charge is 0.118 e. The maximum Gasteiger partial charge on any atom is 0.118 e. The number of nitrogens with zero attached hydrogens (tertiary/aromatic N) is 1. The van der Waals surface area contributed by atoms with Gasteiger partial charge >= 0.3 is 0 Å². The van der Waals surface area contributed by atoms with E-state index in [-0.39, 0.29) is 0 Å². The fourth-order valence-corrected chi connectivity index (χ4v) is 2.66. The first-order chi connectivity index (χ1) is 9.69. The Kier molecular flexibility index (Phi) is 4.47. The Hall–Kier alpha value is -0.800. The maximum absolute atomic E-state index is 5.96. The van der Waals surface area contributed by atoms with Crippen LogP contribution < -0.4 is 5.32 Å². The molecule has 0 spiro atoms. The van der Waals surface area contributed by atoms with E-state index < -0.39 is 0 Å². The van der Waals surface area contributed by atoms with Crippen molar-refractivity contribution in [2.75, 3.05) is 13.1 Å². The Morgan fingerprint density at radius 2 is 1.70 bits per heavy atom. The molecule has 0 saturated heterocycles. The van der Waals surface area contributed by atoms with Gasteiger partial charge in [0.05, 0.1) is 13.1 Å². The molecule has 0 unspecified atom stereocenters. The van der Waals surface area contributed by atoms with Crippen molar-refractivity contribution in [2.45, 2.75) is 58.7 Å². The molecule has 0 aromatic carbocycles. The predicted octanol–water partition coefficient (Wildman–Crippen LogP) is 3.40. The third-order valence-electron chi connectivity index (χ3n) is 4.21. The van der Waals surface area contributed by atoms with Crippen molar-refractivity contribution in [3.63, 3.8) is 0 Å². The van der Waals surface area contributed by atoms with Gasteiger partial charge in [0.2, 0.25) is 0 Å². The van der Waals surface area contributed by atoms with Crippen LogP contribution in [0.1, 0.15) is 51.1 Å². The Morgan fingerprint density at radius 1 is 1.10 bits per heavy atom. The number of nitrogens with one attached hydrogen (secondary N) is 1. The highest BCUT2D eigenvalue weighted by atomic mass is 16.3. The molecule has 0 bridgehead atoms. The molecule has 2 aliphatic carbocycles. The van der Waals surface area contributed by atoms with Crippen LogP contribution in [-0.2, 0) is 13.1 Å². The lowest BCUT2D eigenvalue weighted by molar-refractivity contribution is 0.223. The Balaban J connectivity index is 1.50. The van der Waals surface area contributed by atoms with Crippen LogP contribution in [0.4, 0.5) is 0 Å². The van der Waals surface area contributed by atoms with Crippen molar-refractivity contribution in [2.24, 2.45) is 11.8 Å². The second-order valence-electron chi connectivity index (χ2n) is 6.98. The first kappa shape index (κ1) is 14.2. The largest absolute Gasteiger partial charge is 0.463 e. The molecule has 0 atom stereocenters. The second kappa shape index (κ2) is 6.31. The highest BCUT2D eigenvalue weighted by Crippen LogP contribution is 2.34. The summed E-state index contributed by atoms with van der Waals surface area (Å²) in [5.41, 5.74) is 0. The highest BCUT2D eigenvalue weighted by Gasteiger charge is 2.29. The second-order valence-corrected chi connectivity index (χ2v) is 6.98. The zero-order chi connectivity index (χ0) is 13.9. The normalized spacial score (nSPS) is 19.2. The quantitative estimate of drug-likeness (QED) is 0.749. The Labute approximate surface area is 122 Å². The van der Waals surface area contributed by atoms with Gasteiger partial charge in [-0.3, -0.25) is 4.90 Å². The third kappa shape index (κ3) is 4.64. The van der Waals surface area contributed by atoms with Crippen molar-refractivity contribution >= 4 is 0 Å². The fraction of sp³-hybridized carbons (Fsp3) is 0.765. The lowest BCUT2D eigenvalue weighted by Crippen LogP contribution is -2.27. The lowest BCUT2D eigenvalue weighted by atomic mass is 10.3. The highest BCUT2D eigenvalue weighted by molar-refractivity contribution is 5.07. The van der Waals surface area contributed by atoms with Crippen LogP contribution in [0.5, 0.6) is 0 Å². The molecule has 1 N–H and O–H groups in total. The molecule has 0 radical (unpaired) electrons. The first-order valence-electron chi connectivity index (χ1n) is 8.22. The number of rotatable bonds is 9. The molecule has 1 aromatic heterocycles. The van der Waals surface area contributed by atoms with Gasteiger partial charge in [-0.2, -0.15) is 0 Å². The van der Waals surface area contributed by atoms with Crippen molar-refractivity contribution in [1.82, 2.24) is 10.2 Å². The molecule has 2 saturated carbocycles. The SMILES string of the molecule is CC(C)NCc1ccc(CN(CC2CC2)CC2CC2)o1. The lowest BCUT2D eigenvalue weighted by Gasteiger charge is -2.20.